The molecule has 0 aromatic heterocycles. The quantitative estimate of drug-likeness (QED) is 0.0901. The highest BCUT2D eigenvalue weighted by Gasteiger charge is 2.30. The largest absolute Gasteiger partial charge is 0.465 e. The van der Waals surface area contributed by atoms with Crippen LogP contribution in [-0.4, -0.2) is 68.7 Å². The molecule has 0 amide bonds. The minimum absolute atomic E-state index is 0.140. The average Bonchev–Trinajstić information content (AvgIpc) is 2.99. The Morgan fingerprint density at radius 3 is 1.21 bits per heavy atom. The second kappa shape index (κ2) is 17.5. The van der Waals surface area contributed by atoms with E-state index in [1.807, 2.05) is 0 Å². The molecule has 1 unspecified atom stereocenters. The number of hydrogen-bond donors (Lipinski definition) is 0. The van der Waals surface area contributed by atoms with Crippen molar-refractivity contribution in [1.82, 2.24) is 0 Å². The molecule has 0 radical (unpaired) electrons. The van der Waals surface area contributed by atoms with E-state index >= 15 is 0 Å². The number of rotatable bonds is 15. The van der Waals surface area contributed by atoms with Crippen LogP contribution in [-0.2, 0) is 52.5 Å². The van der Waals surface area contributed by atoms with E-state index in [0.29, 0.717) is 0 Å². The average molecular weight is 593 g/mol. The van der Waals surface area contributed by atoms with Gasteiger partial charge in [-0.05, 0) is 95.8 Å². The molecule has 0 N–H and O–H groups in total. The highest BCUT2D eigenvalue weighted by atomic mass is 16.6. The van der Waals surface area contributed by atoms with Crippen LogP contribution in [0.2, 0.25) is 0 Å². The summed E-state index contributed by atoms with van der Waals surface area (Å²) >= 11 is 0. The molecule has 0 aromatic rings. The van der Waals surface area contributed by atoms with Crippen LogP contribution in [0.4, 0.5) is 0 Å². The summed E-state index contributed by atoms with van der Waals surface area (Å²) in [4.78, 5) is 71.4. The Balaban J connectivity index is 1.59. The van der Waals surface area contributed by atoms with Crippen molar-refractivity contribution < 1.29 is 52.5 Å². The monoisotopic (exact) mass is 592 g/mol. The van der Waals surface area contributed by atoms with Crippen LogP contribution >= 0.6 is 0 Å². The Morgan fingerprint density at radius 2 is 0.881 bits per heavy atom. The highest BCUT2D eigenvalue weighted by molar-refractivity contribution is 6.15. The van der Waals surface area contributed by atoms with Gasteiger partial charge in [0.2, 0.25) is 0 Å². The first-order chi connectivity index (χ1) is 19.9. The summed E-state index contributed by atoms with van der Waals surface area (Å²) in [5.74, 6) is -4.31. The van der Waals surface area contributed by atoms with E-state index < -0.39 is 41.5 Å². The maximum atomic E-state index is 12.5. The van der Waals surface area contributed by atoms with E-state index in [0.717, 1.165) is 51.4 Å². The van der Waals surface area contributed by atoms with Crippen molar-refractivity contribution in [3.63, 3.8) is 0 Å². The topological polar surface area (TPSA) is 149 Å². The highest BCUT2D eigenvalue weighted by Crippen LogP contribution is 2.31. The Labute approximate surface area is 247 Å². The molecule has 0 heterocycles. The first kappa shape index (κ1) is 34.7. The summed E-state index contributed by atoms with van der Waals surface area (Å²) in [5.41, 5.74) is -0.487. The van der Waals surface area contributed by atoms with Crippen LogP contribution in [0.1, 0.15) is 72.1 Å². The summed E-state index contributed by atoms with van der Waals surface area (Å²) in [6.07, 6.45) is 6.30. The Morgan fingerprint density at radius 1 is 0.571 bits per heavy atom. The zero-order valence-corrected chi connectivity index (χ0v) is 25.0. The smallest absolute Gasteiger partial charge is 0.344 e. The fourth-order valence-electron chi connectivity index (χ4n) is 4.88. The lowest BCUT2D eigenvalue weighted by atomic mass is 9.83. The van der Waals surface area contributed by atoms with Crippen molar-refractivity contribution >= 4 is 35.6 Å². The van der Waals surface area contributed by atoms with E-state index in [9.17, 15) is 28.8 Å². The van der Waals surface area contributed by atoms with Crippen molar-refractivity contribution in [1.29, 1.82) is 0 Å². The lowest BCUT2D eigenvalue weighted by molar-refractivity contribution is -0.163. The fraction of sp³-hybridized carbons (Fsp3) is 0.677. The summed E-state index contributed by atoms with van der Waals surface area (Å²) in [7, 11) is 0. The van der Waals surface area contributed by atoms with Gasteiger partial charge < -0.3 is 23.7 Å². The molecule has 2 aliphatic carbocycles. The van der Waals surface area contributed by atoms with E-state index in [2.05, 4.69) is 13.2 Å². The third-order valence-electron chi connectivity index (χ3n) is 7.90. The summed E-state index contributed by atoms with van der Waals surface area (Å²) < 4.78 is 25.9. The van der Waals surface area contributed by atoms with E-state index in [1.54, 1.807) is 6.92 Å². The molecule has 2 saturated carbocycles. The van der Waals surface area contributed by atoms with Gasteiger partial charge in [0.05, 0.1) is 38.6 Å². The van der Waals surface area contributed by atoms with Crippen molar-refractivity contribution in [3.8, 4) is 0 Å². The molecule has 2 fully saturated rings. The minimum atomic E-state index is -1.03. The number of ketones is 1. The number of carbonyl (C=O) groups excluding carboxylic acids is 6. The first-order valence-corrected chi connectivity index (χ1v) is 14.7. The van der Waals surface area contributed by atoms with Gasteiger partial charge in [-0.2, -0.15) is 0 Å². The number of ether oxygens (including phenoxy) is 5. The van der Waals surface area contributed by atoms with Crippen LogP contribution in [0.5, 0.6) is 0 Å². The molecule has 11 heteroatoms. The predicted octanol–water partition coefficient (Wildman–Crippen LogP) is 3.67. The fourth-order valence-corrected chi connectivity index (χ4v) is 4.88. The first-order valence-electron chi connectivity index (χ1n) is 14.7. The minimum Gasteiger partial charge on any atom is -0.465 e. The van der Waals surface area contributed by atoms with Crippen molar-refractivity contribution in [3.05, 3.63) is 24.3 Å². The molecule has 0 bridgehead atoms. The van der Waals surface area contributed by atoms with Gasteiger partial charge in [0.15, 0.2) is 11.7 Å². The van der Waals surface area contributed by atoms with Gasteiger partial charge >= 0.3 is 29.8 Å². The Hall–Kier alpha value is -3.50. The molecule has 0 aliphatic heterocycles. The maximum Gasteiger partial charge on any atom is 0.344 e. The number of esters is 5. The third kappa shape index (κ3) is 11.4. The Bertz CT molecular complexity index is 1010. The standard InChI is InChI=1S/C31H44O11/c1-6-38-28(34)20(3)29(35)40-16-24-11-13-26(14-12-24)18-42-31(37)21(4)30(36)41-17-25-9-7-23(8-10-25)15-39-27(33)19(2)22(5)32/h21,23-26H,2-3,6-18H2,1,4-5H3. The molecule has 0 aromatic carbocycles. The number of Topliss-reactive ketones (excluding diaryl/α,β-unsaturated/α-hetero) is 1. The maximum absolute atomic E-state index is 12.5. The van der Waals surface area contributed by atoms with Gasteiger partial charge in [0.25, 0.3) is 0 Å². The molecular formula is C31H44O11. The third-order valence-corrected chi connectivity index (χ3v) is 7.90. The molecule has 0 spiro atoms. The van der Waals surface area contributed by atoms with Gasteiger partial charge in [-0.3, -0.25) is 14.4 Å². The normalized spacial score (nSPS) is 22.5. The van der Waals surface area contributed by atoms with Gasteiger partial charge in [-0.25, -0.2) is 14.4 Å². The van der Waals surface area contributed by atoms with Crippen molar-refractivity contribution in [2.75, 3.05) is 33.0 Å². The molecular weight excluding hydrogens is 548 g/mol. The number of carbonyl (C=O) groups is 6. The second-order valence-electron chi connectivity index (χ2n) is 11.2. The van der Waals surface area contributed by atoms with Crippen molar-refractivity contribution in [2.24, 2.45) is 29.6 Å². The van der Waals surface area contributed by atoms with Crippen LogP contribution in [0.25, 0.3) is 0 Å². The molecule has 42 heavy (non-hydrogen) atoms. The van der Waals surface area contributed by atoms with Crippen LogP contribution in [0, 0.1) is 29.6 Å². The molecule has 2 aliphatic rings. The van der Waals surface area contributed by atoms with Gasteiger partial charge in [-0.1, -0.05) is 13.2 Å². The molecule has 11 nitrogen and oxygen atoms in total. The molecule has 0 saturated heterocycles. The Kier molecular flexibility index (Phi) is 14.4. The van der Waals surface area contributed by atoms with Gasteiger partial charge in [0, 0.05) is 0 Å². The SMILES string of the molecule is C=C(C(C)=O)C(=O)OCC1CCC(COC(=O)C(C)C(=O)OCC2CCC(COC(=O)C(=C)C(=O)OCC)CC2)CC1. The zero-order valence-electron chi connectivity index (χ0n) is 25.0. The molecule has 1 atom stereocenters. The zero-order chi connectivity index (χ0) is 31.2. The van der Waals surface area contributed by atoms with Crippen LogP contribution in [0.15, 0.2) is 24.3 Å². The lowest BCUT2D eigenvalue weighted by Crippen LogP contribution is -2.30. The van der Waals surface area contributed by atoms with Gasteiger partial charge in [0.1, 0.15) is 5.57 Å². The van der Waals surface area contributed by atoms with E-state index in [-0.39, 0.29) is 67.9 Å². The summed E-state index contributed by atoms with van der Waals surface area (Å²) in [6, 6.07) is 0. The van der Waals surface area contributed by atoms with E-state index in [1.165, 1.54) is 13.8 Å². The van der Waals surface area contributed by atoms with Gasteiger partial charge in [-0.15, -0.1) is 0 Å². The van der Waals surface area contributed by atoms with E-state index in [4.69, 9.17) is 23.7 Å². The lowest BCUT2D eigenvalue weighted by Gasteiger charge is -2.28. The molecule has 234 valence electrons. The van der Waals surface area contributed by atoms with Crippen LogP contribution < -0.4 is 0 Å². The predicted molar refractivity (Wildman–Crippen MR) is 149 cm³/mol. The summed E-state index contributed by atoms with van der Waals surface area (Å²) in [6.45, 7) is 12.2. The number of hydrogen-bond acceptors (Lipinski definition) is 11. The summed E-state index contributed by atoms with van der Waals surface area (Å²) in [5, 5.41) is 0. The van der Waals surface area contributed by atoms with Crippen LogP contribution in [0.3, 0.4) is 0 Å². The van der Waals surface area contributed by atoms with Crippen molar-refractivity contribution in [2.45, 2.75) is 72.1 Å². The second-order valence-corrected chi connectivity index (χ2v) is 11.2. The molecule has 2 rings (SSSR count).